The van der Waals surface area contributed by atoms with Crippen LogP contribution in [0, 0.1) is 23.7 Å². The third-order valence-corrected chi connectivity index (χ3v) is 20.8. The standard InChI is InChI=1S/C80H156O17P2/c1-9-73(8)59-51-43-38-39-45-53-61-78(83)91-67-76(97-80(85)63-55-47-37-31-25-19-13-16-22-28-34-42-50-58-72(6)7)69-95-99(88,89)93-65-74(81)64-92-98(86,87)94-68-75(96-79(84)62-54-46-36-30-24-18-12-15-21-27-33-41-49-57-71(4)5)66-90-77(82)60-52-44-35-29-23-17-11-10-14-20-26-32-40-48-56-70(2)3/h70-76,81H,9-69H2,1-8H3,(H,86,87)(H,88,89)/t73?,74-,75-,76-/m1/s1. The second-order valence-corrected chi connectivity index (χ2v) is 33.4. The van der Waals surface area contributed by atoms with E-state index in [1.807, 2.05) is 0 Å². The summed E-state index contributed by atoms with van der Waals surface area (Å²) in [5, 5.41) is 10.6. The molecule has 0 fully saturated rings. The van der Waals surface area contributed by atoms with Crippen molar-refractivity contribution in [3.05, 3.63) is 0 Å². The first kappa shape index (κ1) is 97.1. The number of esters is 4. The Kier molecular flexibility index (Phi) is 67.8. The number of rotatable bonds is 77. The van der Waals surface area contributed by atoms with E-state index in [1.54, 1.807) is 0 Å². The van der Waals surface area contributed by atoms with Crippen molar-refractivity contribution in [2.75, 3.05) is 39.6 Å². The Morgan fingerprint density at radius 2 is 0.485 bits per heavy atom. The lowest BCUT2D eigenvalue weighted by Gasteiger charge is -2.21. The lowest BCUT2D eigenvalue weighted by Crippen LogP contribution is -2.30. The summed E-state index contributed by atoms with van der Waals surface area (Å²) < 4.78 is 68.7. The minimum atomic E-state index is -4.96. The molecule has 0 amide bonds. The summed E-state index contributed by atoms with van der Waals surface area (Å²) in [4.78, 5) is 73.0. The summed E-state index contributed by atoms with van der Waals surface area (Å²) in [6, 6.07) is 0. The molecule has 0 rings (SSSR count). The molecule has 0 aromatic carbocycles. The molecule has 3 N–H and O–H groups in total. The molecule has 0 saturated heterocycles. The minimum absolute atomic E-state index is 0.106. The van der Waals surface area contributed by atoms with Gasteiger partial charge in [-0.05, 0) is 49.4 Å². The van der Waals surface area contributed by atoms with E-state index < -0.39 is 97.5 Å². The highest BCUT2D eigenvalue weighted by Crippen LogP contribution is 2.45. The predicted molar refractivity (Wildman–Crippen MR) is 404 cm³/mol. The Balaban J connectivity index is 5.25. The molecule has 0 saturated carbocycles. The number of aliphatic hydroxyl groups excluding tert-OH is 1. The highest BCUT2D eigenvalue weighted by Gasteiger charge is 2.30. The van der Waals surface area contributed by atoms with Gasteiger partial charge in [0, 0.05) is 25.7 Å². The van der Waals surface area contributed by atoms with Gasteiger partial charge in [-0.1, -0.05) is 357 Å². The quantitative estimate of drug-likeness (QED) is 0.0222. The van der Waals surface area contributed by atoms with Gasteiger partial charge < -0.3 is 33.8 Å². The summed E-state index contributed by atoms with van der Waals surface area (Å²) in [6.07, 6.45) is 55.5. The topological polar surface area (TPSA) is 237 Å². The molecule has 0 aromatic rings. The molecular weight excluding hydrogens is 1290 g/mol. The molecule has 6 atom stereocenters. The number of phosphoric ester groups is 2. The van der Waals surface area contributed by atoms with Crippen LogP contribution in [-0.2, 0) is 65.4 Å². The van der Waals surface area contributed by atoms with Crippen molar-refractivity contribution >= 4 is 39.5 Å². The molecule has 0 heterocycles. The summed E-state index contributed by atoms with van der Waals surface area (Å²) in [7, 11) is -9.92. The Morgan fingerprint density at radius 1 is 0.283 bits per heavy atom. The van der Waals surface area contributed by atoms with Crippen molar-refractivity contribution in [3.63, 3.8) is 0 Å². The Hall–Kier alpha value is -1.94. The molecule has 3 unspecified atom stereocenters. The fourth-order valence-electron chi connectivity index (χ4n) is 12.2. The first-order valence-corrected chi connectivity index (χ1v) is 44.2. The van der Waals surface area contributed by atoms with Crippen molar-refractivity contribution in [1.29, 1.82) is 0 Å². The van der Waals surface area contributed by atoms with Crippen LogP contribution in [0.4, 0.5) is 0 Å². The first-order valence-electron chi connectivity index (χ1n) is 41.2. The van der Waals surface area contributed by atoms with Crippen LogP contribution in [0.3, 0.4) is 0 Å². The van der Waals surface area contributed by atoms with Gasteiger partial charge in [-0.3, -0.25) is 37.3 Å². The van der Waals surface area contributed by atoms with Gasteiger partial charge in [0.05, 0.1) is 26.4 Å². The second kappa shape index (κ2) is 69.1. The fourth-order valence-corrected chi connectivity index (χ4v) is 13.8. The van der Waals surface area contributed by atoms with Crippen LogP contribution in [0.5, 0.6) is 0 Å². The molecule has 0 bridgehead atoms. The van der Waals surface area contributed by atoms with Gasteiger partial charge in [-0.2, -0.15) is 0 Å². The van der Waals surface area contributed by atoms with Crippen molar-refractivity contribution in [1.82, 2.24) is 0 Å². The van der Waals surface area contributed by atoms with Crippen LogP contribution in [0.15, 0.2) is 0 Å². The SMILES string of the molecule is CCC(C)CCCCCCCCC(=O)OC[C@H](COP(=O)(O)OC[C@H](O)COP(=O)(O)OC[C@@H](COC(=O)CCCCCCCCCCCCCCCCC(C)C)OC(=O)CCCCCCCCCCCCCCCC(C)C)OC(=O)CCCCCCCCCCCCCCCC(C)C. The van der Waals surface area contributed by atoms with Gasteiger partial charge in [0.2, 0.25) is 0 Å². The maximum absolute atomic E-state index is 13.1. The number of ether oxygens (including phenoxy) is 4. The predicted octanol–water partition coefficient (Wildman–Crippen LogP) is 23.6. The van der Waals surface area contributed by atoms with Crippen molar-refractivity contribution in [2.24, 2.45) is 23.7 Å². The molecule has 99 heavy (non-hydrogen) atoms. The van der Waals surface area contributed by atoms with E-state index in [2.05, 4.69) is 55.4 Å². The summed E-state index contributed by atoms with van der Waals surface area (Å²) in [5.41, 5.74) is 0. The first-order chi connectivity index (χ1) is 47.6. The van der Waals surface area contributed by atoms with Gasteiger partial charge in [0.25, 0.3) is 0 Å². The molecule has 588 valence electrons. The number of carbonyl (C=O) groups is 4. The summed E-state index contributed by atoms with van der Waals surface area (Å²) in [5.74, 6) is 0.988. The van der Waals surface area contributed by atoms with E-state index in [4.69, 9.17) is 37.0 Å². The average molecular weight is 1450 g/mol. The van der Waals surface area contributed by atoms with Crippen LogP contribution in [0.1, 0.15) is 409 Å². The molecule has 17 nitrogen and oxygen atoms in total. The fraction of sp³-hybridized carbons (Fsp3) is 0.950. The Morgan fingerprint density at radius 3 is 0.717 bits per heavy atom. The number of carbonyl (C=O) groups excluding carboxylic acids is 4. The van der Waals surface area contributed by atoms with E-state index in [-0.39, 0.29) is 25.7 Å². The van der Waals surface area contributed by atoms with Crippen LogP contribution >= 0.6 is 15.6 Å². The molecular formula is C80H156O17P2. The highest BCUT2D eigenvalue weighted by molar-refractivity contribution is 7.47. The van der Waals surface area contributed by atoms with Crippen LogP contribution in [0.25, 0.3) is 0 Å². The minimum Gasteiger partial charge on any atom is -0.462 e. The third-order valence-electron chi connectivity index (χ3n) is 18.9. The van der Waals surface area contributed by atoms with E-state index in [9.17, 15) is 43.2 Å². The van der Waals surface area contributed by atoms with E-state index in [1.165, 1.54) is 205 Å². The number of phosphoric acid groups is 2. The van der Waals surface area contributed by atoms with E-state index >= 15 is 0 Å². The third kappa shape index (κ3) is 72.8. The van der Waals surface area contributed by atoms with Crippen molar-refractivity contribution in [3.8, 4) is 0 Å². The summed E-state index contributed by atoms with van der Waals surface area (Å²) in [6.45, 7) is 14.3. The molecule has 0 aliphatic carbocycles. The number of aliphatic hydroxyl groups is 1. The molecule has 0 spiro atoms. The highest BCUT2D eigenvalue weighted by atomic mass is 31.2. The normalized spacial score (nSPS) is 14.3. The van der Waals surface area contributed by atoms with Gasteiger partial charge >= 0.3 is 39.5 Å². The van der Waals surface area contributed by atoms with Crippen LogP contribution in [-0.4, -0.2) is 96.7 Å². The average Bonchev–Trinajstić information content (AvgIpc) is 1.20. The molecule has 19 heteroatoms. The molecule has 0 aliphatic heterocycles. The number of hydrogen-bond acceptors (Lipinski definition) is 15. The van der Waals surface area contributed by atoms with Gasteiger partial charge in [-0.15, -0.1) is 0 Å². The van der Waals surface area contributed by atoms with Crippen LogP contribution in [0.2, 0.25) is 0 Å². The summed E-state index contributed by atoms with van der Waals surface area (Å²) >= 11 is 0. The zero-order chi connectivity index (χ0) is 73.1. The molecule has 0 radical (unpaired) electrons. The van der Waals surface area contributed by atoms with Crippen molar-refractivity contribution in [2.45, 2.75) is 427 Å². The van der Waals surface area contributed by atoms with Gasteiger partial charge in [0.15, 0.2) is 12.2 Å². The maximum atomic E-state index is 13.1. The lowest BCUT2D eigenvalue weighted by molar-refractivity contribution is -0.161. The second-order valence-electron chi connectivity index (χ2n) is 30.5. The molecule has 0 aromatic heterocycles. The van der Waals surface area contributed by atoms with Gasteiger partial charge in [0.1, 0.15) is 19.3 Å². The zero-order valence-corrected chi connectivity index (χ0v) is 66.9. The zero-order valence-electron chi connectivity index (χ0n) is 65.1. The van der Waals surface area contributed by atoms with Crippen LogP contribution < -0.4 is 0 Å². The van der Waals surface area contributed by atoms with E-state index in [0.29, 0.717) is 25.7 Å². The maximum Gasteiger partial charge on any atom is 0.472 e. The Labute approximate surface area is 607 Å². The number of hydrogen-bond donors (Lipinski definition) is 3. The van der Waals surface area contributed by atoms with Crippen molar-refractivity contribution < 1.29 is 80.2 Å². The lowest BCUT2D eigenvalue weighted by atomic mass is 10.00. The smallest absolute Gasteiger partial charge is 0.462 e. The number of unbranched alkanes of at least 4 members (excludes halogenated alkanes) is 42. The van der Waals surface area contributed by atoms with Gasteiger partial charge in [-0.25, -0.2) is 9.13 Å². The van der Waals surface area contributed by atoms with E-state index in [0.717, 1.165) is 120 Å². The monoisotopic (exact) mass is 1450 g/mol. The molecule has 0 aliphatic rings. The Bertz CT molecular complexity index is 1940. The largest absolute Gasteiger partial charge is 0.472 e.